The first-order valence-corrected chi connectivity index (χ1v) is 13.3. The molecule has 2 atom stereocenters. The summed E-state index contributed by atoms with van der Waals surface area (Å²) >= 11 is 0. The fourth-order valence-corrected chi connectivity index (χ4v) is 5.53. The van der Waals surface area contributed by atoms with Gasteiger partial charge in [0.25, 0.3) is 5.78 Å². The van der Waals surface area contributed by atoms with Crippen LogP contribution in [-0.2, 0) is 40.0 Å². The van der Waals surface area contributed by atoms with Crippen molar-refractivity contribution in [3.05, 3.63) is 52.4 Å². The number of hydrogen-bond donors (Lipinski definition) is 0. The molecule has 0 aromatic carbocycles. The third kappa shape index (κ3) is 5.15. The Morgan fingerprint density at radius 3 is 2.41 bits per heavy atom. The van der Waals surface area contributed by atoms with E-state index in [0.29, 0.717) is 42.8 Å². The summed E-state index contributed by atoms with van der Waals surface area (Å²) in [4.78, 5) is 40.7. The summed E-state index contributed by atoms with van der Waals surface area (Å²) in [6.45, 7) is 7.53. The molecule has 1 unspecified atom stereocenters. The molecule has 3 aromatic heterocycles. The highest BCUT2D eigenvalue weighted by molar-refractivity contribution is 6.01. The molecular formula is C29H37N5O3. The van der Waals surface area contributed by atoms with Crippen LogP contribution in [0.25, 0.3) is 5.78 Å². The van der Waals surface area contributed by atoms with Crippen LogP contribution in [0.3, 0.4) is 0 Å². The minimum atomic E-state index is -2.71. The number of nitrogens with zero attached hydrogens (tertiary/aromatic N) is 5. The van der Waals surface area contributed by atoms with Gasteiger partial charge in [-0.15, -0.1) is 5.10 Å². The van der Waals surface area contributed by atoms with Crippen LogP contribution in [0.2, 0.25) is 0 Å². The standard InChI is InChI=1S/C29H37N5O3/c1-5-22-14-20(15-23(6-2)31-22)11-12-29(21-9-7-8-10-21)17-25(35)24(27(36)37-29)16-26-32-28-30-18(3)13-19(4)34(28)33-26/h13-15,21,24H,5-12,16-17H2,1-4H3/t24?,29-/m1/s1/i11D2,12D2. The van der Waals surface area contributed by atoms with Crippen molar-refractivity contribution < 1.29 is 19.8 Å². The van der Waals surface area contributed by atoms with Gasteiger partial charge in [-0.25, -0.2) is 9.50 Å². The average molecular weight is 508 g/mol. The molecule has 1 aliphatic carbocycles. The van der Waals surface area contributed by atoms with Gasteiger partial charge in [-0.05, 0) is 82.0 Å². The minimum absolute atomic E-state index is 0.0970. The second-order valence-electron chi connectivity index (χ2n) is 10.3. The molecule has 0 bridgehead atoms. The third-order valence-corrected chi connectivity index (χ3v) is 7.53. The van der Waals surface area contributed by atoms with Gasteiger partial charge >= 0.3 is 5.97 Å². The number of pyridine rings is 1. The number of hydrogen-bond acceptors (Lipinski definition) is 7. The first-order chi connectivity index (χ1) is 19.3. The minimum Gasteiger partial charge on any atom is -0.458 e. The number of ketones is 1. The van der Waals surface area contributed by atoms with E-state index < -0.39 is 48.4 Å². The second-order valence-corrected chi connectivity index (χ2v) is 10.3. The maximum Gasteiger partial charge on any atom is 0.317 e. The number of aromatic nitrogens is 5. The number of cyclic esters (lactones) is 1. The number of rotatable bonds is 8. The zero-order valence-electron chi connectivity index (χ0n) is 26.0. The highest BCUT2D eigenvalue weighted by Crippen LogP contribution is 2.45. The molecule has 37 heavy (non-hydrogen) atoms. The van der Waals surface area contributed by atoms with Crippen LogP contribution in [0.4, 0.5) is 0 Å². The Kier molecular flexibility index (Phi) is 5.81. The smallest absolute Gasteiger partial charge is 0.317 e. The topological polar surface area (TPSA) is 99.3 Å². The zero-order valence-corrected chi connectivity index (χ0v) is 22.0. The lowest BCUT2D eigenvalue weighted by Crippen LogP contribution is -2.52. The van der Waals surface area contributed by atoms with Crippen LogP contribution in [0, 0.1) is 25.7 Å². The fraction of sp³-hybridized carbons (Fsp3) is 0.586. The molecule has 1 saturated carbocycles. The molecule has 2 aliphatic rings. The zero-order chi connectivity index (χ0) is 29.7. The monoisotopic (exact) mass is 507 g/mol. The normalized spacial score (nSPS) is 25.0. The first-order valence-electron chi connectivity index (χ1n) is 15.3. The summed E-state index contributed by atoms with van der Waals surface area (Å²) in [5.41, 5.74) is 1.10. The first kappa shape index (κ1) is 20.8. The van der Waals surface area contributed by atoms with Gasteiger partial charge in [-0.3, -0.25) is 14.6 Å². The average Bonchev–Trinajstić information content (AvgIpc) is 3.61. The quantitative estimate of drug-likeness (QED) is 0.327. The van der Waals surface area contributed by atoms with Crippen LogP contribution in [-0.4, -0.2) is 41.9 Å². The summed E-state index contributed by atoms with van der Waals surface area (Å²) in [6.07, 6.45) is -1.95. The van der Waals surface area contributed by atoms with Crippen molar-refractivity contribution in [2.75, 3.05) is 0 Å². The van der Waals surface area contributed by atoms with Gasteiger partial charge in [0.2, 0.25) is 0 Å². The van der Waals surface area contributed by atoms with E-state index in [9.17, 15) is 12.3 Å². The van der Waals surface area contributed by atoms with Crippen molar-refractivity contribution in [2.24, 2.45) is 11.8 Å². The van der Waals surface area contributed by atoms with E-state index in [1.54, 1.807) is 16.6 Å². The van der Waals surface area contributed by atoms with E-state index in [1.165, 1.54) is 0 Å². The number of carbonyl (C=O) groups excluding carboxylic acids is 2. The summed E-state index contributed by atoms with van der Waals surface area (Å²) in [7, 11) is 0. The van der Waals surface area contributed by atoms with Crippen LogP contribution in [0.5, 0.6) is 0 Å². The lowest BCUT2D eigenvalue weighted by Gasteiger charge is -2.43. The van der Waals surface area contributed by atoms with Gasteiger partial charge in [-0.2, -0.15) is 4.98 Å². The van der Waals surface area contributed by atoms with Gasteiger partial charge in [0.15, 0.2) is 11.6 Å². The highest BCUT2D eigenvalue weighted by atomic mass is 16.6. The summed E-state index contributed by atoms with van der Waals surface area (Å²) in [5.74, 6) is -2.39. The summed E-state index contributed by atoms with van der Waals surface area (Å²) < 4.78 is 44.5. The molecule has 1 saturated heterocycles. The number of esters is 1. The number of Topliss-reactive ketones (excluding diaryl/α,β-unsaturated/α-hetero) is 1. The largest absolute Gasteiger partial charge is 0.458 e. The predicted octanol–water partition coefficient (Wildman–Crippen LogP) is 4.50. The third-order valence-electron chi connectivity index (χ3n) is 7.53. The van der Waals surface area contributed by atoms with Crippen molar-refractivity contribution in [1.82, 2.24) is 24.6 Å². The van der Waals surface area contributed by atoms with Crippen LogP contribution in [0.1, 0.15) is 92.0 Å². The molecule has 0 spiro atoms. The number of fused-ring (bicyclic) bond motifs is 1. The Labute approximate surface area is 223 Å². The van der Waals surface area contributed by atoms with E-state index in [4.69, 9.17) is 7.48 Å². The molecule has 0 amide bonds. The van der Waals surface area contributed by atoms with Gasteiger partial charge in [0, 0.05) is 41.1 Å². The van der Waals surface area contributed by atoms with Gasteiger partial charge in [0.1, 0.15) is 11.5 Å². The van der Waals surface area contributed by atoms with E-state index >= 15 is 0 Å². The van der Waals surface area contributed by atoms with Crippen molar-refractivity contribution in [1.29, 1.82) is 0 Å². The molecule has 1 aliphatic heterocycles. The van der Waals surface area contributed by atoms with Gasteiger partial charge < -0.3 is 4.74 Å². The molecule has 8 heteroatoms. The Hall–Kier alpha value is -3.16. The lowest BCUT2D eigenvalue weighted by atomic mass is 9.73. The number of carbonyl (C=O) groups is 2. The molecule has 4 heterocycles. The Morgan fingerprint density at radius 2 is 1.76 bits per heavy atom. The fourth-order valence-electron chi connectivity index (χ4n) is 5.53. The summed E-state index contributed by atoms with van der Waals surface area (Å²) in [6, 6.07) is 5.02. The van der Waals surface area contributed by atoms with Crippen LogP contribution < -0.4 is 0 Å². The Morgan fingerprint density at radius 1 is 1.05 bits per heavy atom. The highest BCUT2D eigenvalue weighted by Gasteiger charge is 2.51. The van der Waals surface area contributed by atoms with Crippen molar-refractivity contribution >= 4 is 17.5 Å². The van der Waals surface area contributed by atoms with Crippen molar-refractivity contribution in [3.8, 4) is 0 Å². The number of ether oxygens (including phenoxy) is 1. The molecule has 5 rings (SSSR count). The Bertz CT molecular complexity index is 1460. The van der Waals surface area contributed by atoms with Crippen LogP contribution in [0.15, 0.2) is 18.2 Å². The molecule has 3 aromatic rings. The number of aryl methyl sites for hydroxylation is 5. The lowest BCUT2D eigenvalue weighted by molar-refractivity contribution is -0.185. The van der Waals surface area contributed by atoms with E-state index in [2.05, 4.69) is 20.1 Å². The SMILES string of the molecule is [2H]C([2H])(c1cc(CC)nc(CC)c1)C([2H])([2H])[C@]1(C2CCCC2)CC(=O)C(Cc2nc3nc(C)cc(C)n3n2)C(=O)O1. The maximum atomic E-state index is 13.8. The van der Waals surface area contributed by atoms with E-state index in [0.717, 1.165) is 24.2 Å². The second kappa shape index (κ2) is 10.3. The maximum absolute atomic E-state index is 13.8. The molecular weight excluding hydrogens is 466 g/mol. The molecule has 0 radical (unpaired) electrons. The van der Waals surface area contributed by atoms with Crippen molar-refractivity contribution in [2.45, 2.75) is 97.4 Å². The predicted molar refractivity (Wildman–Crippen MR) is 139 cm³/mol. The molecule has 2 fully saturated rings. The van der Waals surface area contributed by atoms with Crippen molar-refractivity contribution in [3.63, 3.8) is 0 Å². The van der Waals surface area contributed by atoms with Gasteiger partial charge in [-0.1, -0.05) is 26.7 Å². The van der Waals surface area contributed by atoms with Crippen LogP contribution >= 0.6 is 0 Å². The van der Waals surface area contributed by atoms with E-state index in [1.807, 2.05) is 33.8 Å². The Balaban J connectivity index is 1.51. The molecule has 8 nitrogen and oxygen atoms in total. The van der Waals surface area contributed by atoms with Gasteiger partial charge in [0.05, 0.1) is 0 Å². The van der Waals surface area contributed by atoms with E-state index in [-0.39, 0.29) is 17.8 Å². The summed E-state index contributed by atoms with van der Waals surface area (Å²) in [5, 5.41) is 4.43. The molecule has 196 valence electrons. The molecule has 0 N–H and O–H groups in total.